The highest BCUT2D eigenvalue weighted by atomic mass is 16.5. The molecule has 0 spiro atoms. The van der Waals surface area contributed by atoms with Crippen LogP contribution < -0.4 is 4.74 Å². The maximum absolute atomic E-state index is 12.9. The van der Waals surface area contributed by atoms with Crippen molar-refractivity contribution in [3.63, 3.8) is 0 Å². The minimum atomic E-state index is 0.0290. The normalized spacial score (nSPS) is 22.6. The van der Waals surface area contributed by atoms with Crippen LogP contribution in [-0.2, 0) is 22.4 Å². The average molecular weight is 398 g/mol. The zero-order valence-corrected chi connectivity index (χ0v) is 17.9. The largest absolute Gasteiger partial charge is 0.493 e. The number of furan rings is 1. The van der Waals surface area contributed by atoms with E-state index in [4.69, 9.17) is 13.9 Å². The zero-order chi connectivity index (χ0) is 20.5. The number of ether oxygens (including phenoxy) is 2. The van der Waals surface area contributed by atoms with Crippen LogP contribution in [-0.4, -0.2) is 42.7 Å². The van der Waals surface area contributed by atoms with Gasteiger partial charge in [-0.05, 0) is 58.6 Å². The summed E-state index contributed by atoms with van der Waals surface area (Å²) in [7, 11) is 0. The van der Waals surface area contributed by atoms with Crippen molar-refractivity contribution in [1.29, 1.82) is 0 Å². The van der Waals surface area contributed by atoms with Crippen LogP contribution in [0.4, 0.5) is 0 Å². The first-order chi connectivity index (χ1) is 14.0. The van der Waals surface area contributed by atoms with Crippen molar-refractivity contribution in [2.45, 2.75) is 65.6 Å². The molecule has 1 aromatic carbocycles. The summed E-state index contributed by atoms with van der Waals surface area (Å²) in [6, 6.07) is 4.14. The molecule has 4 rings (SSSR count). The maximum atomic E-state index is 12.9. The second kappa shape index (κ2) is 8.23. The molecular formula is C24H31NO4. The highest BCUT2D eigenvalue weighted by molar-refractivity contribution is 5.97. The molecular weight excluding hydrogens is 366 g/mol. The van der Waals surface area contributed by atoms with Gasteiger partial charge in [-0.25, -0.2) is 0 Å². The fourth-order valence-electron chi connectivity index (χ4n) is 4.58. The molecule has 1 aliphatic carbocycles. The van der Waals surface area contributed by atoms with Gasteiger partial charge in [0.1, 0.15) is 17.1 Å². The van der Waals surface area contributed by atoms with Gasteiger partial charge >= 0.3 is 0 Å². The molecule has 0 bridgehead atoms. The zero-order valence-electron chi connectivity index (χ0n) is 17.9. The number of aryl methyl sites for hydroxylation is 2. The third-order valence-electron chi connectivity index (χ3n) is 5.85. The number of morpholine rings is 1. The van der Waals surface area contributed by atoms with E-state index in [1.807, 2.05) is 38.7 Å². The molecule has 1 aliphatic heterocycles. The van der Waals surface area contributed by atoms with E-state index in [0.717, 1.165) is 46.5 Å². The Bertz CT molecular complexity index is 932. The van der Waals surface area contributed by atoms with Crippen molar-refractivity contribution in [2.75, 3.05) is 19.7 Å². The van der Waals surface area contributed by atoms with E-state index in [0.29, 0.717) is 19.7 Å². The number of benzene rings is 1. The number of fused-ring (bicyclic) bond motifs is 3. The highest BCUT2D eigenvalue weighted by Gasteiger charge is 2.25. The summed E-state index contributed by atoms with van der Waals surface area (Å²) in [4.78, 5) is 14.8. The van der Waals surface area contributed by atoms with Gasteiger partial charge < -0.3 is 18.8 Å². The van der Waals surface area contributed by atoms with Crippen LogP contribution in [0.15, 0.2) is 22.6 Å². The van der Waals surface area contributed by atoms with E-state index < -0.39 is 0 Å². The van der Waals surface area contributed by atoms with E-state index in [-0.39, 0.29) is 18.1 Å². The molecule has 1 amide bonds. The van der Waals surface area contributed by atoms with Crippen molar-refractivity contribution in [2.24, 2.45) is 0 Å². The van der Waals surface area contributed by atoms with Gasteiger partial charge in [0.2, 0.25) is 5.91 Å². The van der Waals surface area contributed by atoms with Gasteiger partial charge in [-0.2, -0.15) is 0 Å². The SMILES string of the molecule is CCOc1cc2oc3c(c2cc1/C(C)=C/C(=O)N1CC(C)OC(C)C1)CCCC3. The highest BCUT2D eigenvalue weighted by Crippen LogP contribution is 2.38. The van der Waals surface area contributed by atoms with Gasteiger partial charge in [-0.15, -0.1) is 0 Å². The lowest BCUT2D eigenvalue weighted by Gasteiger charge is -2.34. The smallest absolute Gasteiger partial charge is 0.247 e. The Hall–Kier alpha value is -2.27. The van der Waals surface area contributed by atoms with Crippen LogP contribution in [0, 0.1) is 0 Å². The molecule has 2 aliphatic rings. The number of nitrogens with zero attached hydrogens (tertiary/aromatic N) is 1. The second-order valence-corrected chi connectivity index (χ2v) is 8.32. The van der Waals surface area contributed by atoms with Crippen molar-refractivity contribution in [3.8, 4) is 5.75 Å². The molecule has 2 unspecified atom stereocenters. The lowest BCUT2D eigenvalue weighted by Crippen LogP contribution is -2.47. The minimum Gasteiger partial charge on any atom is -0.493 e. The molecule has 156 valence electrons. The van der Waals surface area contributed by atoms with Crippen LogP contribution >= 0.6 is 0 Å². The number of hydrogen-bond acceptors (Lipinski definition) is 4. The summed E-state index contributed by atoms with van der Waals surface area (Å²) >= 11 is 0. The van der Waals surface area contributed by atoms with Gasteiger partial charge in [0.15, 0.2) is 0 Å². The molecule has 0 radical (unpaired) electrons. The number of amides is 1. The van der Waals surface area contributed by atoms with E-state index in [1.54, 1.807) is 6.08 Å². The van der Waals surface area contributed by atoms with Gasteiger partial charge in [0.05, 0.1) is 18.8 Å². The summed E-state index contributed by atoms with van der Waals surface area (Å²) < 4.78 is 17.8. The topological polar surface area (TPSA) is 51.9 Å². The van der Waals surface area contributed by atoms with Crippen LogP contribution in [0.25, 0.3) is 16.5 Å². The van der Waals surface area contributed by atoms with E-state index in [1.165, 1.54) is 18.4 Å². The van der Waals surface area contributed by atoms with E-state index in [9.17, 15) is 4.79 Å². The Morgan fingerprint density at radius 2 is 1.93 bits per heavy atom. The summed E-state index contributed by atoms with van der Waals surface area (Å²) in [5.74, 6) is 1.91. The molecule has 1 saturated heterocycles. The van der Waals surface area contributed by atoms with E-state index >= 15 is 0 Å². The summed E-state index contributed by atoms with van der Waals surface area (Å²) in [6.45, 7) is 9.80. The number of carbonyl (C=O) groups excluding carboxylic acids is 1. The molecule has 29 heavy (non-hydrogen) atoms. The Morgan fingerprint density at radius 3 is 2.66 bits per heavy atom. The van der Waals surface area contributed by atoms with Gasteiger partial charge in [-0.3, -0.25) is 4.79 Å². The van der Waals surface area contributed by atoms with Gasteiger partial charge in [-0.1, -0.05) is 0 Å². The van der Waals surface area contributed by atoms with Crippen LogP contribution in [0.2, 0.25) is 0 Å². The quantitative estimate of drug-likeness (QED) is 0.699. The van der Waals surface area contributed by atoms with Crippen LogP contribution in [0.3, 0.4) is 0 Å². The van der Waals surface area contributed by atoms with Crippen molar-refractivity contribution < 1.29 is 18.7 Å². The Morgan fingerprint density at radius 1 is 1.21 bits per heavy atom. The first-order valence-electron chi connectivity index (χ1n) is 10.8. The predicted molar refractivity (Wildman–Crippen MR) is 114 cm³/mol. The first-order valence-corrected chi connectivity index (χ1v) is 10.8. The predicted octanol–water partition coefficient (Wildman–Crippen LogP) is 4.75. The lowest BCUT2D eigenvalue weighted by atomic mass is 9.94. The summed E-state index contributed by atoms with van der Waals surface area (Å²) in [5.41, 5.74) is 4.10. The van der Waals surface area contributed by atoms with Crippen LogP contribution in [0.1, 0.15) is 57.4 Å². The van der Waals surface area contributed by atoms with Gasteiger partial charge in [0, 0.05) is 48.2 Å². The molecule has 2 heterocycles. The third-order valence-corrected chi connectivity index (χ3v) is 5.85. The average Bonchev–Trinajstić information content (AvgIpc) is 3.04. The second-order valence-electron chi connectivity index (χ2n) is 8.32. The van der Waals surface area contributed by atoms with Crippen LogP contribution in [0.5, 0.6) is 5.75 Å². The first kappa shape index (κ1) is 20.0. The number of rotatable bonds is 4. The maximum Gasteiger partial charge on any atom is 0.247 e. The van der Waals surface area contributed by atoms with E-state index in [2.05, 4.69) is 6.07 Å². The number of hydrogen-bond donors (Lipinski definition) is 0. The summed E-state index contributed by atoms with van der Waals surface area (Å²) in [6.07, 6.45) is 6.30. The molecule has 0 N–H and O–H groups in total. The van der Waals surface area contributed by atoms with Gasteiger partial charge in [0.25, 0.3) is 0 Å². The molecule has 5 nitrogen and oxygen atoms in total. The monoisotopic (exact) mass is 397 g/mol. The Labute approximate surface area is 172 Å². The van der Waals surface area contributed by atoms with Crippen molar-refractivity contribution in [3.05, 3.63) is 35.1 Å². The molecule has 1 fully saturated rings. The minimum absolute atomic E-state index is 0.0290. The Kier molecular flexibility index (Phi) is 5.68. The molecule has 2 aromatic rings. The molecule has 1 aromatic heterocycles. The fraction of sp³-hybridized carbons (Fsp3) is 0.542. The summed E-state index contributed by atoms with van der Waals surface area (Å²) in [5, 5.41) is 1.16. The standard InChI is InChI=1S/C24H31NO4/c1-5-27-22-12-23-20(18-8-6-7-9-21(18)29-23)11-19(22)15(2)10-24(26)25-13-16(3)28-17(4)14-25/h10-12,16-17H,5-9,13-14H2,1-4H3/b15-10+. The fourth-order valence-corrected chi connectivity index (χ4v) is 4.58. The van der Waals surface area contributed by atoms with Crippen molar-refractivity contribution >= 4 is 22.4 Å². The molecule has 0 saturated carbocycles. The number of carbonyl (C=O) groups is 1. The Balaban J connectivity index is 1.69. The number of allylic oxidation sites excluding steroid dienone is 1. The lowest BCUT2D eigenvalue weighted by molar-refractivity contribution is -0.137. The third kappa shape index (κ3) is 4.06. The van der Waals surface area contributed by atoms with Crippen molar-refractivity contribution in [1.82, 2.24) is 4.90 Å². The molecule has 5 heteroatoms. The molecule has 2 atom stereocenters.